The van der Waals surface area contributed by atoms with Crippen molar-refractivity contribution in [2.24, 2.45) is 5.41 Å². The van der Waals surface area contributed by atoms with Gasteiger partial charge in [0, 0.05) is 49.2 Å². The molecule has 5 nitrogen and oxygen atoms in total. The van der Waals surface area contributed by atoms with Gasteiger partial charge in [-0.2, -0.15) is 0 Å². The molecule has 1 spiro atoms. The fraction of sp³-hybridized carbons (Fsp3) is 0.571. The van der Waals surface area contributed by atoms with E-state index in [1.54, 1.807) is 6.07 Å². The number of halogens is 2. The molecule has 2 saturated carbocycles. The summed E-state index contributed by atoms with van der Waals surface area (Å²) in [6, 6.07) is 10.0. The smallest absolute Gasteiger partial charge is 0.274 e. The summed E-state index contributed by atoms with van der Waals surface area (Å²) < 4.78 is 27.3. The van der Waals surface area contributed by atoms with E-state index in [0.29, 0.717) is 16.9 Å². The number of thioether (sulfide) groups is 1. The minimum absolute atomic E-state index is 0.185. The number of aryl methyl sites for hydroxylation is 1. The third kappa shape index (κ3) is 5.34. The number of carbonyl (C=O) groups is 1. The van der Waals surface area contributed by atoms with Gasteiger partial charge in [-0.25, -0.2) is 13.8 Å². The third-order valence-corrected chi connectivity index (χ3v) is 9.51. The molecule has 4 aliphatic rings. The number of aromatic nitrogens is 1. The van der Waals surface area contributed by atoms with Crippen LogP contribution in [0, 0.1) is 12.3 Å². The van der Waals surface area contributed by atoms with Crippen molar-refractivity contribution in [2.45, 2.75) is 74.4 Å². The summed E-state index contributed by atoms with van der Waals surface area (Å²) in [6.07, 6.45) is 7.35. The molecule has 2 aromatic rings. The molecule has 0 bridgehead atoms. The molecule has 0 atom stereocenters. The van der Waals surface area contributed by atoms with E-state index in [1.807, 2.05) is 35.7 Å². The lowest BCUT2D eigenvalue weighted by Crippen LogP contribution is -2.40. The predicted molar refractivity (Wildman–Crippen MR) is 142 cm³/mol. The number of nitrogens with zero attached hydrogens (tertiary/aromatic N) is 3. The highest BCUT2D eigenvalue weighted by atomic mass is 32.2. The fourth-order valence-corrected chi connectivity index (χ4v) is 6.49. The van der Waals surface area contributed by atoms with Gasteiger partial charge in [0.05, 0.1) is 11.4 Å². The van der Waals surface area contributed by atoms with Gasteiger partial charge in [0.15, 0.2) is 0 Å². The Morgan fingerprint density at radius 3 is 2.33 bits per heavy atom. The second-order valence-electron chi connectivity index (χ2n) is 11.2. The van der Waals surface area contributed by atoms with E-state index < -0.39 is 5.92 Å². The summed E-state index contributed by atoms with van der Waals surface area (Å²) in [5.41, 5.74) is 3.70. The summed E-state index contributed by atoms with van der Waals surface area (Å²) in [5, 5.41) is 3.86. The third-order valence-electron chi connectivity index (χ3n) is 8.17. The minimum atomic E-state index is -2.62. The lowest BCUT2D eigenvalue weighted by atomic mass is 9.93. The summed E-state index contributed by atoms with van der Waals surface area (Å²) in [7, 11) is 0. The Hall–Kier alpha value is -2.35. The van der Waals surface area contributed by atoms with Crippen LogP contribution in [-0.2, 0) is 0 Å². The van der Waals surface area contributed by atoms with Crippen molar-refractivity contribution in [2.75, 3.05) is 41.3 Å². The zero-order valence-electron chi connectivity index (χ0n) is 20.9. The molecule has 2 saturated heterocycles. The molecule has 1 N–H and O–H groups in total. The van der Waals surface area contributed by atoms with Crippen LogP contribution in [0.1, 0.15) is 67.4 Å². The lowest BCUT2D eigenvalue weighted by molar-refractivity contribution is -0.0221. The number of pyridine rings is 1. The average Bonchev–Trinajstić information content (AvgIpc) is 3.79. The number of hydrogen-bond acceptors (Lipinski definition) is 5. The van der Waals surface area contributed by atoms with E-state index in [2.05, 4.69) is 27.3 Å². The number of carbonyl (C=O) groups excluding carboxylic acids is 1. The molecule has 1 aromatic carbocycles. The summed E-state index contributed by atoms with van der Waals surface area (Å²) in [4.78, 5) is 23.5. The standard InChI is InChI=1S/C28H34F2N4OS/c1-19-16-23(31-25(17-19)34-14-10-28(29,30)11-15-34)26(35)32-22-5-4-21(36-20-2-3-20)18-24(22)33-12-8-27(6-7-27)9-13-33/h4-5,16-18,20H,2-3,6-15H2,1H3,(H,32,35). The number of alkyl halides is 2. The van der Waals surface area contributed by atoms with Gasteiger partial charge in [0.1, 0.15) is 11.5 Å². The Labute approximate surface area is 216 Å². The zero-order valence-corrected chi connectivity index (χ0v) is 21.7. The number of benzene rings is 1. The van der Waals surface area contributed by atoms with Crippen LogP contribution in [0.2, 0.25) is 0 Å². The normalized spacial score (nSPS) is 22.5. The van der Waals surface area contributed by atoms with Crippen LogP contribution in [0.3, 0.4) is 0 Å². The Kier molecular flexibility index (Phi) is 6.13. The fourth-order valence-electron chi connectivity index (χ4n) is 5.41. The van der Waals surface area contributed by atoms with Gasteiger partial charge in [-0.1, -0.05) is 0 Å². The van der Waals surface area contributed by atoms with Crippen molar-refractivity contribution in [3.8, 4) is 0 Å². The Balaban J connectivity index is 1.22. The zero-order chi connectivity index (χ0) is 24.9. The van der Waals surface area contributed by atoms with Crippen LogP contribution in [-0.4, -0.2) is 48.2 Å². The van der Waals surface area contributed by atoms with E-state index in [9.17, 15) is 13.6 Å². The van der Waals surface area contributed by atoms with Gasteiger partial charge in [0.2, 0.25) is 0 Å². The first kappa shape index (κ1) is 24.0. The Morgan fingerprint density at radius 2 is 1.67 bits per heavy atom. The van der Waals surface area contributed by atoms with Gasteiger partial charge >= 0.3 is 0 Å². The highest BCUT2D eigenvalue weighted by Crippen LogP contribution is 2.54. The number of piperidine rings is 2. The van der Waals surface area contributed by atoms with E-state index >= 15 is 0 Å². The van der Waals surface area contributed by atoms with Gasteiger partial charge < -0.3 is 15.1 Å². The Bertz CT molecular complexity index is 1140. The predicted octanol–water partition coefficient (Wildman–Crippen LogP) is 6.51. The van der Waals surface area contributed by atoms with Gasteiger partial charge in [-0.3, -0.25) is 4.79 Å². The van der Waals surface area contributed by atoms with Crippen molar-refractivity contribution in [3.05, 3.63) is 41.6 Å². The molecule has 192 valence electrons. The van der Waals surface area contributed by atoms with E-state index in [-0.39, 0.29) is 31.8 Å². The largest absolute Gasteiger partial charge is 0.370 e. The first-order valence-electron chi connectivity index (χ1n) is 13.3. The summed E-state index contributed by atoms with van der Waals surface area (Å²) in [5.74, 6) is -2.28. The maximum atomic E-state index is 13.6. The lowest BCUT2D eigenvalue weighted by Gasteiger charge is -2.35. The van der Waals surface area contributed by atoms with Gasteiger partial charge in [0.25, 0.3) is 11.8 Å². The number of hydrogen-bond donors (Lipinski definition) is 1. The van der Waals surface area contributed by atoms with Crippen LogP contribution in [0.15, 0.2) is 35.2 Å². The first-order chi connectivity index (χ1) is 17.3. The summed E-state index contributed by atoms with van der Waals surface area (Å²) >= 11 is 1.93. The average molecular weight is 513 g/mol. The minimum Gasteiger partial charge on any atom is -0.370 e. The second-order valence-corrected chi connectivity index (χ2v) is 12.5. The molecule has 36 heavy (non-hydrogen) atoms. The van der Waals surface area contributed by atoms with Crippen molar-refractivity contribution in [1.82, 2.24) is 4.98 Å². The number of amides is 1. The number of nitrogens with one attached hydrogen (secondary N) is 1. The number of rotatable bonds is 6. The van der Waals surface area contributed by atoms with E-state index in [4.69, 9.17) is 0 Å². The molecular weight excluding hydrogens is 478 g/mol. The van der Waals surface area contributed by atoms with Crippen LogP contribution < -0.4 is 15.1 Å². The molecule has 6 rings (SSSR count). The van der Waals surface area contributed by atoms with E-state index in [0.717, 1.165) is 35.3 Å². The van der Waals surface area contributed by atoms with E-state index in [1.165, 1.54) is 43.4 Å². The van der Waals surface area contributed by atoms with Crippen LogP contribution in [0.4, 0.5) is 26.0 Å². The van der Waals surface area contributed by atoms with Crippen LogP contribution >= 0.6 is 11.8 Å². The molecular formula is C28H34F2N4OS. The first-order valence-corrected chi connectivity index (χ1v) is 14.1. The van der Waals surface area contributed by atoms with Crippen molar-refractivity contribution in [1.29, 1.82) is 0 Å². The number of anilines is 3. The molecule has 2 aliphatic carbocycles. The monoisotopic (exact) mass is 512 g/mol. The highest BCUT2D eigenvalue weighted by molar-refractivity contribution is 8.00. The molecule has 2 aliphatic heterocycles. The molecule has 4 fully saturated rings. The SMILES string of the molecule is Cc1cc(C(=O)Nc2ccc(SC3CC3)cc2N2CCC3(CC2)CC3)nc(N2CCC(F)(F)CC2)c1. The van der Waals surface area contributed by atoms with Crippen molar-refractivity contribution >= 4 is 34.9 Å². The summed E-state index contributed by atoms with van der Waals surface area (Å²) in [6.45, 7) is 4.44. The maximum Gasteiger partial charge on any atom is 0.274 e. The van der Waals surface area contributed by atoms with Gasteiger partial charge in [-0.15, -0.1) is 11.8 Å². The Morgan fingerprint density at radius 1 is 0.972 bits per heavy atom. The molecule has 1 amide bonds. The maximum absolute atomic E-state index is 13.6. The molecule has 8 heteroatoms. The van der Waals surface area contributed by atoms with Crippen LogP contribution in [0.25, 0.3) is 0 Å². The molecule has 0 unspecified atom stereocenters. The second kappa shape index (κ2) is 9.19. The van der Waals surface area contributed by atoms with Crippen LogP contribution in [0.5, 0.6) is 0 Å². The molecule has 3 heterocycles. The van der Waals surface area contributed by atoms with Crippen molar-refractivity contribution < 1.29 is 13.6 Å². The van der Waals surface area contributed by atoms with Crippen molar-refractivity contribution in [3.63, 3.8) is 0 Å². The molecule has 1 aromatic heterocycles. The topological polar surface area (TPSA) is 48.5 Å². The molecule has 0 radical (unpaired) electrons. The highest BCUT2D eigenvalue weighted by Gasteiger charge is 2.44. The van der Waals surface area contributed by atoms with Gasteiger partial charge in [-0.05, 0) is 86.8 Å². The quantitative estimate of drug-likeness (QED) is 0.478.